The highest BCUT2D eigenvalue weighted by atomic mass is 16.5. The molecule has 0 amide bonds. The average Bonchev–Trinajstić information content (AvgIpc) is 2.70. The number of fused-ring (bicyclic) bond motifs is 1. The van der Waals surface area contributed by atoms with E-state index in [-0.39, 0.29) is 30.2 Å². The van der Waals surface area contributed by atoms with E-state index in [0.717, 1.165) is 22.4 Å². The molecule has 3 atom stereocenters. The highest BCUT2D eigenvalue weighted by Crippen LogP contribution is 2.54. The van der Waals surface area contributed by atoms with Crippen LogP contribution < -0.4 is 4.74 Å². The number of carbonyl (C=O) groups is 2. The largest absolute Gasteiger partial charge is 0.505 e. The van der Waals surface area contributed by atoms with Gasteiger partial charge in [-0.2, -0.15) is 0 Å². The molecule has 0 bridgehead atoms. The fourth-order valence-corrected chi connectivity index (χ4v) is 4.50. The van der Waals surface area contributed by atoms with Crippen molar-refractivity contribution in [3.63, 3.8) is 0 Å². The van der Waals surface area contributed by atoms with Gasteiger partial charge in [-0.05, 0) is 60.6 Å². The minimum absolute atomic E-state index is 0.0942. The van der Waals surface area contributed by atoms with Crippen LogP contribution in [0.15, 0.2) is 24.5 Å². The van der Waals surface area contributed by atoms with E-state index in [0.29, 0.717) is 12.8 Å². The van der Waals surface area contributed by atoms with Crippen molar-refractivity contribution in [2.45, 2.75) is 39.0 Å². The van der Waals surface area contributed by atoms with Gasteiger partial charge in [0.2, 0.25) is 0 Å². The summed E-state index contributed by atoms with van der Waals surface area (Å²) in [6.45, 7) is 3.94. The molecule has 0 heterocycles. The van der Waals surface area contributed by atoms with Gasteiger partial charge in [-0.1, -0.05) is 6.92 Å². The Bertz CT molecular complexity index is 754. The van der Waals surface area contributed by atoms with Gasteiger partial charge >= 0.3 is 11.9 Å². The van der Waals surface area contributed by atoms with Crippen molar-refractivity contribution in [2.75, 3.05) is 28.4 Å². The zero-order valence-corrected chi connectivity index (χ0v) is 17.5. The monoisotopic (exact) mass is 390 g/mol. The SMILES string of the molecule is CO/C=C\[C@@H](C)[C@]1(C(=O)OC)CCc2cc(OC)cc(C)c2[C@@H]1CC(=O)OC. The Balaban J connectivity index is 2.71. The highest BCUT2D eigenvalue weighted by Gasteiger charge is 2.54. The van der Waals surface area contributed by atoms with Crippen molar-refractivity contribution < 1.29 is 28.5 Å². The molecule has 1 aliphatic rings. The van der Waals surface area contributed by atoms with Gasteiger partial charge in [-0.15, -0.1) is 0 Å². The lowest BCUT2D eigenvalue weighted by Crippen LogP contribution is -2.47. The molecule has 6 nitrogen and oxygen atoms in total. The second-order valence-electron chi connectivity index (χ2n) is 7.23. The Hall–Kier alpha value is -2.50. The first kappa shape index (κ1) is 21.8. The lowest BCUT2D eigenvalue weighted by Gasteiger charge is -2.46. The number of aryl methyl sites for hydroxylation is 2. The number of carbonyl (C=O) groups excluding carboxylic acids is 2. The Morgan fingerprint density at radius 1 is 1.21 bits per heavy atom. The molecule has 1 aromatic rings. The number of benzene rings is 1. The number of allylic oxidation sites excluding steroid dienone is 1. The fraction of sp³-hybridized carbons (Fsp3) is 0.545. The van der Waals surface area contributed by atoms with Gasteiger partial charge in [0.25, 0.3) is 0 Å². The normalized spacial score (nSPS) is 22.3. The average molecular weight is 390 g/mol. The third-order valence-electron chi connectivity index (χ3n) is 5.94. The van der Waals surface area contributed by atoms with Crippen LogP contribution in [0, 0.1) is 18.3 Å². The van der Waals surface area contributed by atoms with E-state index in [4.69, 9.17) is 18.9 Å². The van der Waals surface area contributed by atoms with Crippen LogP contribution >= 0.6 is 0 Å². The van der Waals surface area contributed by atoms with Gasteiger partial charge in [-0.25, -0.2) is 0 Å². The van der Waals surface area contributed by atoms with Crippen LogP contribution in [0.4, 0.5) is 0 Å². The molecule has 28 heavy (non-hydrogen) atoms. The van der Waals surface area contributed by atoms with Gasteiger partial charge in [0, 0.05) is 5.92 Å². The molecule has 0 spiro atoms. The fourth-order valence-electron chi connectivity index (χ4n) is 4.50. The third kappa shape index (κ3) is 3.86. The molecule has 0 fully saturated rings. The first-order valence-corrected chi connectivity index (χ1v) is 9.37. The van der Waals surface area contributed by atoms with Gasteiger partial charge in [-0.3, -0.25) is 9.59 Å². The van der Waals surface area contributed by atoms with Crippen molar-refractivity contribution in [3.8, 4) is 5.75 Å². The van der Waals surface area contributed by atoms with Gasteiger partial charge in [0.1, 0.15) is 5.75 Å². The maximum atomic E-state index is 13.1. The van der Waals surface area contributed by atoms with Crippen LogP contribution in [0.3, 0.4) is 0 Å². The zero-order valence-electron chi connectivity index (χ0n) is 17.5. The Morgan fingerprint density at radius 3 is 2.50 bits per heavy atom. The van der Waals surface area contributed by atoms with Crippen molar-refractivity contribution in [1.82, 2.24) is 0 Å². The van der Waals surface area contributed by atoms with Crippen LogP contribution in [-0.2, 0) is 30.2 Å². The summed E-state index contributed by atoms with van der Waals surface area (Å²) in [4.78, 5) is 25.5. The molecule has 0 saturated heterocycles. The number of ether oxygens (including phenoxy) is 4. The van der Waals surface area contributed by atoms with Crippen LogP contribution in [-0.4, -0.2) is 40.4 Å². The Morgan fingerprint density at radius 2 is 1.93 bits per heavy atom. The molecular formula is C22H30O6. The van der Waals surface area contributed by atoms with Gasteiger partial charge in [0.15, 0.2) is 0 Å². The number of rotatable bonds is 7. The second-order valence-corrected chi connectivity index (χ2v) is 7.23. The maximum Gasteiger partial charge on any atom is 0.313 e. The molecule has 0 N–H and O–H groups in total. The summed E-state index contributed by atoms with van der Waals surface area (Å²) in [5, 5.41) is 0. The highest BCUT2D eigenvalue weighted by molar-refractivity contribution is 5.82. The van der Waals surface area contributed by atoms with Crippen LogP contribution in [0.1, 0.15) is 42.4 Å². The number of hydrogen-bond donors (Lipinski definition) is 0. The summed E-state index contributed by atoms with van der Waals surface area (Å²) < 4.78 is 20.7. The molecule has 1 aliphatic carbocycles. The summed E-state index contributed by atoms with van der Waals surface area (Å²) in [5.74, 6) is -0.492. The van der Waals surface area contributed by atoms with Crippen molar-refractivity contribution in [3.05, 3.63) is 41.2 Å². The van der Waals surface area contributed by atoms with Crippen molar-refractivity contribution >= 4 is 11.9 Å². The summed E-state index contributed by atoms with van der Waals surface area (Å²) >= 11 is 0. The second kappa shape index (κ2) is 9.13. The van der Waals surface area contributed by atoms with Crippen LogP contribution in [0.2, 0.25) is 0 Å². The van der Waals surface area contributed by atoms with E-state index in [1.807, 2.05) is 32.1 Å². The quantitative estimate of drug-likeness (QED) is 0.524. The van der Waals surface area contributed by atoms with E-state index in [9.17, 15) is 9.59 Å². The van der Waals surface area contributed by atoms with Crippen LogP contribution in [0.25, 0.3) is 0 Å². The summed E-state index contributed by atoms with van der Waals surface area (Å²) in [7, 11) is 5.95. The van der Waals surface area contributed by atoms with E-state index < -0.39 is 5.41 Å². The summed E-state index contributed by atoms with van der Waals surface area (Å²) in [6.07, 6.45) is 4.75. The molecule has 154 valence electrons. The predicted molar refractivity (Wildman–Crippen MR) is 105 cm³/mol. The number of esters is 2. The standard InChI is InChI=1S/C22H30O6/c1-14-11-17(26-4)12-16-7-9-22(21(24)28-6,15(2)8-10-25-3)18(20(14)16)13-19(23)27-5/h8,10-12,15,18H,7,9,13H2,1-6H3/b10-8-/t15-,18+,22-/m1/s1. The molecular weight excluding hydrogens is 360 g/mol. The zero-order chi connectivity index (χ0) is 20.9. The van der Waals surface area contributed by atoms with E-state index >= 15 is 0 Å². The van der Waals surface area contributed by atoms with E-state index in [1.165, 1.54) is 14.2 Å². The molecule has 0 unspecified atom stereocenters. The minimum Gasteiger partial charge on any atom is -0.505 e. The van der Waals surface area contributed by atoms with Gasteiger partial charge in [0.05, 0.1) is 46.5 Å². The van der Waals surface area contributed by atoms with Gasteiger partial charge < -0.3 is 18.9 Å². The van der Waals surface area contributed by atoms with Crippen molar-refractivity contribution in [2.24, 2.45) is 11.3 Å². The lowest BCUT2D eigenvalue weighted by molar-refractivity contribution is -0.159. The molecule has 2 rings (SSSR count). The molecule has 6 heteroatoms. The molecule has 0 radical (unpaired) electrons. The smallest absolute Gasteiger partial charge is 0.313 e. The first-order chi connectivity index (χ1) is 13.3. The number of methoxy groups -OCH3 is 4. The molecule has 1 aromatic carbocycles. The lowest BCUT2D eigenvalue weighted by atomic mass is 9.56. The summed E-state index contributed by atoms with van der Waals surface area (Å²) in [5.41, 5.74) is 2.18. The maximum absolute atomic E-state index is 13.1. The van der Waals surface area contributed by atoms with Crippen LogP contribution in [0.5, 0.6) is 5.75 Å². The third-order valence-corrected chi connectivity index (χ3v) is 5.94. The Labute approximate surface area is 166 Å². The first-order valence-electron chi connectivity index (χ1n) is 9.37. The minimum atomic E-state index is -0.898. The number of hydrogen-bond acceptors (Lipinski definition) is 6. The molecule has 0 aliphatic heterocycles. The Kier molecular flexibility index (Phi) is 7.11. The van der Waals surface area contributed by atoms with Crippen molar-refractivity contribution in [1.29, 1.82) is 0 Å². The topological polar surface area (TPSA) is 71.1 Å². The predicted octanol–water partition coefficient (Wildman–Crippen LogP) is 3.55. The van der Waals surface area contributed by atoms with E-state index in [2.05, 4.69) is 0 Å². The molecule has 0 saturated carbocycles. The summed E-state index contributed by atoms with van der Waals surface area (Å²) in [6, 6.07) is 3.93. The molecule has 0 aromatic heterocycles. The van der Waals surface area contributed by atoms with E-state index in [1.54, 1.807) is 20.5 Å².